The zero-order chi connectivity index (χ0) is 13.0. The van der Waals surface area contributed by atoms with Gasteiger partial charge in [-0.3, -0.25) is 0 Å². The quantitative estimate of drug-likeness (QED) is 0.854. The minimum absolute atomic E-state index is 0.434. The molecular weight excluding hydrogens is 270 g/mol. The van der Waals surface area contributed by atoms with Gasteiger partial charge in [-0.2, -0.15) is 0 Å². The molecule has 0 fully saturated rings. The smallest absolute Gasteiger partial charge is 0.157 e. The highest BCUT2D eigenvalue weighted by Crippen LogP contribution is 2.27. The topological polar surface area (TPSA) is 53.9 Å². The van der Waals surface area contributed by atoms with Gasteiger partial charge < -0.3 is 10.2 Å². The first-order chi connectivity index (χ1) is 8.72. The summed E-state index contributed by atoms with van der Waals surface area (Å²) >= 11 is 7.68. The standard InChI is InChI=1S/C11H14ClN5S/c1-13-9-10(12)15-7-16-11(9)17(2)5-3-8-14-4-6-18-8/h4,6-7,13H,3,5H2,1-2H3. The molecule has 7 heteroatoms. The third-order valence-electron chi connectivity index (χ3n) is 2.54. The number of thiazole rings is 1. The van der Waals surface area contributed by atoms with Gasteiger partial charge in [0.15, 0.2) is 11.0 Å². The molecule has 0 bridgehead atoms. The predicted molar refractivity (Wildman–Crippen MR) is 75.7 cm³/mol. The molecule has 0 atom stereocenters. The van der Waals surface area contributed by atoms with Crippen molar-refractivity contribution in [2.75, 3.05) is 30.9 Å². The van der Waals surface area contributed by atoms with E-state index in [2.05, 4.69) is 20.3 Å². The number of hydrogen-bond donors (Lipinski definition) is 1. The van der Waals surface area contributed by atoms with Crippen molar-refractivity contribution < 1.29 is 0 Å². The maximum Gasteiger partial charge on any atom is 0.157 e. The third-order valence-corrected chi connectivity index (χ3v) is 3.66. The Hall–Kier alpha value is -1.40. The first-order valence-corrected chi connectivity index (χ1v) is 6.76. The second kappa shape index (κ2) is 5.97. The zero-order valence-corrected chi connectivity index (χ0v) is 11.8. The first kappa shape index (κ1) is 13.0. The zero-order valence-electron chi connectivity index (χ0n) is 10.2. The van der Waals surface area contributed by atoms with E-state index in [1.165, 1.54) is 6.33 Å². The van der Waals surface area contributed by atoms with E-state index in [4.69, 9.17) is 11.6 Å². The molecule has 0 unspecified atom stereocenters. The van der Waals surface area contributed by atoms with E-state index >= 15 is 0 Å². The Morgan fingerprint density at radius 1 is 1.39 bits per heavy atom. The van der Waals surface area contributed by atoms with E-state index in [1.807, 2.05) is 30.6 Å². The lowest BCUT2D eigenvalue weighted by Gasteiger charge is -2.20. The molecule has 0 aliphatic rings. The Balaban J connectivity index is 2.08. The van der Waals surface area contributed by atoms with Crippen LogP contribution in [0.15, 0.2) is 17.9 Å². The number of nitrogens with zero attached hydrogens (tertiary/aromatic N) is 4. The van der Waals surface area contributed by atoms with Crippen LogP contribution in [-0.2, 0) is 6.42 Å². The molecule has 0 aliphatic carbocycles. The van der Waals surface area contributed by atoms with Crippen LogP contribution >= 0.6 is 22.9 Å². The van der Waals surface area contributed by atoms with Gasteiger partial charge in [0.25, 0.3) is 0 Å². The second-order valence-corrected chi connectivity index (χ2v) is 5.05. The molecule has 96 valence electrons. The highest BCUT2D eigenvalue weighted by Gasteiger charge is 2.12. The average Bonchev–Trinajstić information content (AvgIpc) is 2.88. The number of rotatable bonds is 5. The summed E-state index contributed by atoms with van der Waals surface area (Å²) in [6, 6.07) is 0. The fourth-order valence-electron chi connectivity index (χ4n) is 1.61. The molecule has 1 N–H and O–H groups in total. The van der Waals surface area contributed by atoms with Crippen molar-refractivity contribution in [2.24, 2.45) is 0 Å². The molecule has 0 saturated carbocycles. The van der Waals surface area contributed by atoms with Crippen LogP contribution in [0.3, 0.4) is 0 Å². The SMILES string of the molecule is CNc1c(Cl)ncnc1N(C)CCc1nccs1. The van der Waals surface area contributed by atoms with E-state index in [0.29, 0.717) is 5.15 Å². The lowest BCUT2D eigenvalue weighted by molar-refractivity contribution is 0.851. The summed E-state index contributed by atoms with van der Waals surface area (Å²) in [6.07, 6.45) is 4.18. The molecule has 2 aromatic heterocycles. The lowest BCUT2D eigenvalue weighted by Crippen LogP contribution is -2.22. The van der Waals surface area contributed by atoms with Crippen molar-refractivity contribution >= 4 is 34.4 Å². The van der Waals surface area contributed by atoms with Crippen molar-refractivity contribution in [1.82, 2.24) is 15.0 Å². The molecule has 0 aliphatic heterocycles. The van der Waals surface area contributed by atoms with Gasteiger partial charge >= 0.3 is 0 Å². The summed E-state index contributed by atoms with van der Waals surface area (Å²) in [5.74, 6) is 0.800. The van der Waals surface area contributed by atoms with Crippen LogP contribution in [0.25, 0.3) is 0 Å². The van der Waals surface area contributed by atoms with E-state index in [0.717, 1.165) is 29.5 Å². The molecule has 0 saturated heterocycles. The lowest BCUT2D eigenvalue weighted by atomic mass is 10.3. The highest BCUT2D eigenvalue weighted by molar-refractivity contribution is 7.09. The monoisotopic (exact) mass is 283 g/mol. The molecule has 2 aromatic rings. The fraction of sp³-hybridized carbons (Fsp3) is 0.364. The molecule has 0 radical (unpaired) electrons. The molecule has 0 spiro atoms. The Bertz CT molecular complexity index is 502. The van der Waals surface area contributed by atoms with E-state index < -0.39 is 0 Å². The summed E-state index contributed by atoms with van der Waals surface area (Å²) in [6.45, 7) is 0.829. The molecular formula is C11H14ClN5S. The van der Waals surface area contributed by atoms with Crippen LogP contribution in [0.4, 0.5) is 11.5 Å². The molecule has 2 rings (SSSR count). The number of anilines is 2. The maximum absolute atomic E-state index is 6.02. The molecule has 18 heavy (non-hydrogen) atoms. The Morgan fingerprint density at radius 3 is 2.89 bits per heavy atom. The van der Waals surface area contributed by atoms with E-state index in [-0.39, 0.29) is 0 Å². The highest BCUT2D eigenvalue weighted by atomic mass is 35.5. The minimum atomic E-state index is 0.434. The van der Waals surface area contributed by atoms with Crippen molar-refractivity contribution in [3.63, 3.8) is 0 Å². The van der Waals surface area contributed by atoms with Gasteiger partial charge in [-0.15, -0.1) is 11.3 Å². The van der Waals surface area contributed by atoms with Crippen LogP contribution in [0, 0.1) is 0 Å². The minimum Gasteiger partial charge on any atom is -0.383 e. The number of likely N-dealkylation sites (N-methyl/N-ethyl adjacent to an activating group) is 1. The van der Waals surface area contributed by atoms with Crippen LogP contribution in [0.1, 0.15) is 5.01 Å². The van der Waals surface area contributed by atoms with E-state index in [1.54, 1.807) is 11.3 Å². The molecule has 0 amide bonds. The van der Waals surface area contributed by atoms with Crippen LogP contribution < -0.4 is 10.2 Å². The van der Waals surface area contributed by atoms with E-state index in [9.17, 15) is 0 Å². The molecule has 0 aromatic carbocycles. The van der Waals surface area contributed by atoms with Crippen molar-refractivity contribution in [3.8, 4) is 0 Å². The number of halogens is 1. The summed E-state index contributed by atoms with van der Waals surface area (Å²) < 4.78 is 0. The number of hydrogen-bond acceptors (Lipinski definition) is 6. The van der Waals surface area contributed by atoms with Gasteiger partial charge in [0.1, 0.15) is 12.0 Å². The summed E-state index contributed by atoms with van der Waals surface area (Å²) in [5, 5.41) is 6.56. The largest absolute Gasteiger partial charge is 0.383 e. The summed E-state index contributed by atoms with van der Waals surface area (Å²) in [7, 11) is 3.79. The van der Waals surface area contributed by atoms with Crippen molar-refractivity contribution in [1.29, 1.82) is 0 Å². The van der Waals surface area contributed by atoms with Gasteiger partial charge in [0, 0.05) is 38.6 Å². The van der Waals surface area contributed by atoms with Gasteiger partial charge in [-0.25, -0.2) is 15.0 Å². The van der Waals surface area contributed by atoms with Crippen LogP contribution in [-0.4, -0.2) is 35.6 Å². The van der Waals surface area contributed by atoms with Gasteiger partial charge in [-0.05, 0) is 0 Å². The second-order valence-electron chi connectivity index (χ2n) is 3.71. The van der Waals surface area contributed by atoms with Crippen LogP contribution in [0.2, 0.25) is 5.15 Å². The average molecular weight is 284 g/mol. The summed E-state index contributed by atoms with van der Waals surface area (Å²) in [5.41, 5.74) is 0.751. The predicted octanol–water partition coefficient (Wildman–Crippen LogP) is 2.31. The summed E-state index contributed by atoms with van der Waals surface area (Å²) in [4.78, 5) is 14.5. The number of aromatic nitrogens is 3. The maximum atomic E-state index is 6.02. The van der Waals surface area contributed by atoms with Crippen molar-refractivity contribution in [3.05, 3.63) is 28.1 Å². The van der Waals surface area contributed by atoms with Crippen LogP contribution in [0.5, 0.6) is 0 Å². The van der Waals surface area contributed by atoms with Gasteiger partial charge in [0.05, 0.1) is 5.01 Å². The number of nitrogens with one attached hydrogen (secondary N) is 1. The Kier molecular flexibility index (Phi) is 4.33. The molecule has 5 nitrogen and oxygen atoms in total. The Morgan fingerprint density at radius 2 is 2.22 bits per heavy atom. The third kappa shape index (κ3) is 2.88. The van der Waals surface area contributed by atoms with Gasteiger partial charge in [-0.1, -0.05) is 11.6 Å². The fourth-order valence-corrected chi connectivity index (χ4v) is 2.44. The first-order valence-electron chi connectivity index (χ1n) is 5.50. The van der Waals surface area contributed by atoms with Gasteiger partial charge in [0.2, 0.25) is 0 Å². The van der Waals surface area contributed by atoms with Crippen molar-refractivity contribution in [2.45, 2.75) is 6.42 Å². The normalized spacial score (nSPS) is 10.4. The molecule has 2 heterocycles. The Labute approximate surface area is 115 Å².